The molecule has 0 saturated heterocycles. The van der Waals surface area contributed by atoms with Gasteiger partial charge in [0.15, 0.2) is 6.73 Å². The van der Waals surface area contributed by atoms with Crippen molar-refractivity contribution in [3.8, 4) is 11.5 Å². The fraction of sp³-hybridized carbons (Fsp3) is 0.550. The van der Waals surface area contributed by atoms with Crippen LogP contribution in [0.5, 0.6) is 11.5 Å². The number of benzene rings is 1. The van der Waals surface area contributed by atoms with Crippen LogP contribution in [0.1, 0.15) is 69.4 Å². The minimum absolute atomic E-state index is 0.0906. The highest BCUT2D eigenvalue weighted by Gasteiger charge is 2.22. The molecule has 1 aliphatic rings. The third-order valence-electron chi connectivity index (χ3n) is 4.75. The van der Waals surface area contributed by atoms with Crippen LogP contribution in [-0.2, 0) is 6.42 Å². The number of hydrogen-bond donors (Lipinski definition) is 4. The maximum atomic E-state index is 11.1. The maximum absolute atomic E-state index is 11.1. The van der Waals surface area contributed by atoms with E-state index in [2.05, 4.69) is 25.2 Å². The largest absolute Gasteiger partial charge is 0.507 e. The number of carbonyl (C=O) groups is 1. The number of unbranched alkanes of at least 4 members (excludes halogenated alkanes) is 2. The third kappa shape index (κ3) is 5.66. The molecule has 0 aromatic heterocycles. The smallest absolute Gasteiger partial charge is 0.341 e. The van der Waals surface area contributed by atoms with E-state index in [4.69, 9.17) is 9.94 Å². The van der Waals surface area contributed by atoms with Gasteiger partial charge in [-0.1, -0.05) is 31.4 Å². The molecule has 0 fully saturated rings. The molecule has 1 aromatic rings. The average molecular weight is 362 g/mol. The van der Waals surface area contributed by atoms with Gasteiger partial charge in [-0.3, -0.25) is 5.21 Å². The Morgan fingerprint density at radius 1 is 1.35 bits per heavy atom. The summed E-state index contributed by atoms with van der Waals surface area (Å²) in [5, 5.41) is 21.6. The van der Waals surface area contributed by atoms with Gasteiger partial charge in [0.05, 0.1) is 0 Å². The summed E-state index contributed by atoms with van der Waals surface area (Å²) >= 11 is 0. The van der Waals surface area contributed by atoms with Gasteiger partial charge in [0.1, 0.15) is 11.5 Å². The zero-order chi connectivity index (χ0) is 18.9. The second-order valence-corrected chi connectivity index (χ2v) is 6.90. The predicted octanol–water partition coefficient (Wildman–Crippen LogP) is 4.36. The Bertz CT molecular complexity index is 643. The van der Waals surface area contributed by atoms with Crippen molar-refractivity contribution in [2.45, 2.75) is 64.7 Å². The van der Waals surface area contributed by atoms with Crippen molar-refractivity contribution in [2.24, 2.45) is 0 Å². The van der Waals surface area contributed by atoms with Crippen molar-refractivity contribution >= 4 is 6.03 Å². The number of hydroxylamine groups is 1. The molecule has 0 bridgehead atoms. The fourth-order valence-electron chi connectivity index (χ4n) is 3.44. The zero-order valence-corrected chi connectivity index (χ0v) is 15.7. The van der Waals surface area contributed by atoms with Crippen molar-refractivity contribution in [1.29, 1.82) is 0 Å². The minimum atomic E-state index is -0.733. The van der Waals surface area contributed by atoms with E-state index in [0.717, 1.165) is 56.1 Å². The lowest BCUT2D eigenvalue weighted by Gasteiger charge is -2.24. The van der Waals surface area contributed by atoms with E-state index < -0.39 is 6.03 Å². The van der Waals surface area contributed by atoms with Crippen LogP contribution in [0.15, 0.2) is 23.8 Å². The van der Waals surface area contributed by atoms with E-state index >= 15 is 0 Å². The number of phenols is 1. The molecular formula is C20H30N2O4. The van der Waals surface area contributed by atoms with Crippen LogP contribution in [0, 0.1) is 0 Å². The SMILES string of the molecule is CCCCCc1cc(O)c(C2C=C(C)CCC2)c(OCNC(=O)NO)c1. The number of amides is 2. The summed E-state index contributed by atoms with van der Waals surface area (Å²) in [5.41, 5.74) is 4.62. The van der Waals surface area contributed by atoms with Crippen LogP contribution >= 0.6 is 0 Å². The molecule has 1 aromatic carbocycles. The number of allylic oxidation sites excluding steroid dienone is 2. The van der Waals surface area contributed by atoms with E-state index in [0.29, 0.717) is 5.75 Å². The van der Waals surface area contributed by atoms with Crippen molar-refractivity contribution in [3.05, 3.63) is 34.9 Å². The summed E-state index contributed by atoms with van der Waals surface area (Å²) in [6.45, 7) is 4.17. The summed E-state index contributed by atoms with van der Waals surface area (Å²) in [7, 11) is 0. The van der Waals surface area contributed by atoms with Crippen molar-refractivity contribution in [2.75, 3.05) is 6.73 Å². The number of urea groups is 1. The van der Waals surface area contributed by atoms with E-state index in [9.17, 15) is 9.90 Å². The summed E-state index contributed by atoms with van der Waals surface area (Å²) in [6.07, 6.45) is 9.53. The van der Waals surface area contributed by atoms with Gasteiger partial charge in [-0.05, 0) is 56.7 Å². The number of phenolic OH excluding ortho intramolecular Hbond substituents is 1. The van der Waals surface area contributed by atoms with Gasteiger partial charge in [0.25, 0.3) is 0 Å². The average Bonchev–Trinajstić information content (AvgIpc) is 2.61. The second-order valence-electron chi connectivity index (χ2n) is 6.90. The Morgan fingerprint density at radius 2 is 2.15 bits per heavy atom. The monoisotopic (exact) mass is 362 g/mol. The molecule has 1 atom stereocenters. The van der Waals surface area contributed by atoms with Crippen molar-refractivity contribution < 1.29 is 19.8 Å². The van der Waals surface area contributed by atoms with E-state index in [1.54, 1.807) is 0 Å². The number of aromatic hydroxyl groups is 1. The molecule has 1 unspecified atom stereocenters. The minimum Gasteiger partial charge on any atom is -0.507 e. The summed E-state index contributed by atoms with van der Waals surface area (Å²) in [6, 6.07) is 3.06. The van der Waals surface area contributed by atoms with Crippen LogP contribution in [0.4, 0.5) is 4.79 Å². The number of carbonyl (C=O) groups excluding carboxylic acids is 1. The molecule has 0 saturated carbocycles. The lowest BCUT2D eigenvalue weighted by atomic mass is 9.84. The van der Waals surface area contributed by atoms with Gasteiger partial charge in [-0.25, -0.2) is 10.3 Å². The van der Waals surface area contributed by atoms with Crippen LogP contribution in [0.2, 0.25) is 0 Å². The van der Waals surface area contributed by atoms with Crippen molar-refractivity contribution in [3.63, 3.8) is 0 Å². The van der Waals surface area contributed by atoms with Crippen LogP contribution in [0.3, 0.4) is 0 Å². The lowest BCUT2D eigenvalue weighted by molar-refractivity contribution is 0.153. The summed E-state index contributed by atoms with van der Waals surface area (Å²) < 4.78 is 5.75. The molecule has 144 valence electrons. The topological polar surface area (TPSA) is 90.8 Å². The van der Waals surface area contributed by atoms with Crippen molar-refractivity contribution in [1.82, 2.24) is 10.8 Å². The highest BCUT2D eigenvalue weighted by Crippen LogP contribution is 2.42. The van der Waals surface area contributed by atoms with Gasteiger partial charge in [0, 0.05) is 11.5 Å². The molecule has 6 nitrogen and oxygen atoms in total. The third-order valence-corrected chi connectivity index (χ3v) is 4.75. The summed E-state index contributed by atoms with van der Waals surface area (Å²) in [5.74, 6) is 0.942. The molecule has 2 rings (SSSR count). The number of aryl methyl sites for hydroxylation is 1. The normalized spacial score (nSPS) is 16.7. The van der Waals surface area contributed by atoms with E-state index in [1.807, 2.05) is 12.1 Å². The molecule has 0 aliphatic heterocycles. The Balaban J connectivity index is 2.25. The first-order valence-electron chi connectivity index (χ1n) is 9.39. The lowest BCUT2D eigenvalue weighted by Crippen LogP contribution is -2.35. The van der Waals surface area contributed by atoms with E-state index in [1.165, 1.54) is 11.1 Å². The predicted molar refractivity (Wildman–Crippen MR) is 101 cm³/mol. The van der Waals surface area contributed by atoms with Gasteiger partial charge in [-0.2, -0.15) is 0 Å². The molecule has 0 radical (unpaired) electrons. The Morgan fingerprint density at radius 3 is 2.85 bits per heavy atom. The number of ether oxygens (including phenoxy) is 1. The molecule has 1 aliphatic carbocycles. The maximum Gasteiger partial charge on any atom is 0.341 e. The Labute approximate surface area is 155 Å². The molecule has 4 N–H and O–H groups in total. The first kappa shape index (κ1) is 20.1. The number of nitrogens with one attached hydrogen (secondary N) is 2. The van der Waals surface area contributed by atoms with Crippen LogP contribution in [-0.4, -0.2) is 23.1 Å². The summed E-state index contributed by atoms with van der Waals surface area (Å²) in [4.78, 5) is 11.1. The standard InChI is InChI=1S/C20H30N2O4/c1-3-4-5-8-15-11-17(23)19(16-9-6-7-14(2)10-16)18(12-15)26-13-21-20(24)22-25/h10-12,16,23,25H,3-9,13H2,1-2H3,(H2,21,22,24). The highest BCUT2D eigenvalue weighted by atomic mass is 16.5. The van der Waals surface area contributed by atoms with Gasteiger partial charge in [0.2, 0.25) is 0 Å². The quantitative estimate of drug-likeness (QED) is 0.182. The Kier molecular flexibility index (Phi) is 7.78. The van der Waals surface area contributed by atoms with Crippen LogP contribution in [0.25, 0.3) is 0 Å². The molecule has 0 spiro atoms. The molecule has 0 heterocycles. The molecular weight excluding hydrogens is 332 g/mol. The second kappa shape index (κ2) is 10.1. The first-order chi connectivity index (χ1) is 12.5. The zero-order valence-electron chi connectivity index (χ0n) is 15.7. The number of rotatable bonds is 8. The van der Waals surface area contributed by atoms with Gasteiger partial charge < -0.3 is 15.2 Å². The number of hydrogen-bond acceptors (Lipinski definition) is 4. The van der Waals surface area contributed by atoms with Gasteiger partial charge >= 0.3 is 6.03 Å². The van der Waals surface area contributed by atoms with Gasteiger partial charge in [-0.15, -0.1) is 0 Å². The Hall–Kier alpha value is -2.21. The molecule has 26 heavy (non-hydrogen) atoms. The van der Waals surface area contributed by atoms with Crippen LogP contribution < -0.4 is 15.5 Å². The fourth-order valence-corrected chi connectivity index (χ4v) is 3.44. The van der Waals surface area contributed by atoms with E-state index in [-0.39, 0.29) is 18.4 Å². The first-order valence-corrected chi connectivity index (χ1v) is 9.39. The highest BCUT2D eigenvalue weighted by molar-refractivity contribution is 5.72. The molecule has 6 heteroatoms. The molecule has 2 amide bonds.